The van der Waals surface area contributed by atoms with Crippen molar-refractivity contribution in [3.8, 4) is 0 Å². The molecule has 1 saturated heterocycles. The van der Waals surface area contributed by atoms with Gasteiger partial charge in [-0.05, 0) is 18.4 Å². The van der Waals surface area contributed by atoms with Crippen LogP contribution in [0, 0.1) is 0 Å². The summed E-state index contributed by atoms with van der Waals surface area (Å²) < 4.78 is 0. The van der Waals surface area contributed by atoms with Gasteiger partial charge >= 0.3 is 0 Å². The molecule has 22 heavy (non-hydrogen) atoms. The van der Waals surface area contributed by atoms with E-state index in [-0.39, 0.29) is 24.4 Å². The monoisotopic (exact) mass is 323 g/mol. The Kier molecular flexibility index (Phi) is 6.24. The first-order valence-corrected chi connectivity index (χ1v) is 8.04. The minimum atomic E-state index is 0. The average molecular weight is 324 g/mol. The van der Waals surface area contributed by atoms with Crippen molar-refractivity contribution in [2.45, 2.75) is 43.7 Å². The fraction of sp³-hybridized carbons (Fsp3) is 0.588. The van der Waals surface area contributed by atoms with Crippen LogP contribution in [0.2, 0.25) is 0 Å². The van der Waals surface area contributed by atoms with Crippen molar-refractivity contribution in [2.24, 2.45) is 5.73 Å². The zero-order chi connectivity index (χ0) is 14.7. The standard InChI is InChI=1S/C17H25N3O.ClH/c18-16-11-20(10-15(16)13-6-2-1-3-7-13)12-17(21)19-14-8-4-5-9-14;/h1-3,6-7,14-16H,4-5,8-12,18H2,(H,19,21);1H/t15-,16+;/m0./s1. The van der Waals surface area contributed by atoms with Crippen LogP contribution in [-0.2, 0) is 4.79 Å². The van der Waals surface area contributed by atoms with Crippen LogP contribution in [0.3, 0.4) is 0 Å². The summed E-state index contributed by atoms with van der Waals surface area (Å²) in [6, 6.07) is 10.9. The van der Waals surface area contributed by atoms with Crippen LogP contribution in [0.5, 0.6) is 0 Å². The van der Waals surface area contributed by atoms with Crippen LogP contribution in [0.4, 0.5) is 0 Å². The summed E-state index contributed by atoms with van der Waals surface area (Å²) in [7, 11) is 0. The summed E-state index contributed by atoms with van der Waals surface area (Å²) in [5.41, 5.74) is 7.55. The molecule has 0 bridgehead atoms. The maximum atomic E-state index is 12.1. The molecule has 0 radical (unpaired) electrons. The molecular formula is C17H26ClN3O. The normalized spacial score (nSPS) is 25.9. The van der Waals surface area contributed by atoms with Gasteiger partial charge in [-0.25, -0.2) is 0 Å². The van der Waals surface area contributed by atoms with Gasteiger partial charge < -0.3 is 11.1 Å². The van der Waals surface area contributed by atoms with Crippen molar-refractivity contribution in [1.82, 2.24) is 10.2 Å². The van der Waals surface area contributed by atoms with Crippen molar-refractivity contribution in [1.29, 1.82) is 0 Å². The number of likely N-dealkylation sites (tertiary alicyclic amines) is 1. The molecule has 1 heterocycles. The molecule has 1 saturated carbocycles. The van der Waals surface area contributed by atoms with E-state index in [9.17, 15) is 4.79 Å². The van der Waals surface area contributed by atoms with E-state index in [1.165, 1.54) is 18.4 Å². The van der Waals surface area contributed by atoms with Crippen LogP contribution in [-0.4, -0.2) is 42.5 Å². The molecule has 0 aromatic heterocycles. The first-order chi connectivity index (χ1) is 10.2. The molecule has 3 rings (SSSR count). The Balaban J connectivity index is 0.00000176. The lowest BCUT2D eigenvalue weighted by Gasteiger charge is -2.18. The summed E-state index contributed by atoms with van der Waals surface area (Å²) in [5, 5.41) is 3.15. The molecule has 1 aliphatic carbocycles. The Bertz CT molecular complexity index is 476. The second-order valence-electron chi connectivity index (χ2n) is 6.42. The topological polar surface area (TPSA) is 58.4 Å². The third kappa shape index (κ3) is 4.22. The molecule has 1 aromatic carbocycles. The van der Waals surface area contributed by atoms with Crippen molar-refractivity contribution in [3.63, 3.8) is 0 Å². The molecule has 0 spiro atoms. The lowest BCUT2D eigenvalue weighted by molar-refractivity contribution is -0.122. The van der Waals surface area contributed by atoms with Crippen molar-refractivity contribution >= 4 is 18.3 Å². The smallest absolute Gasteiger partial charge is 0.234 e. The Morgan fingerprint density at radius 1 is 1.18 bits per heavy atom. The molecule has 5 heteroatoms. The highest BCUT2D eigenvalue weighted by atomic mass is 35.5. The number of rotatable bonds is 4. The highest BCUT2D eigenvalue weighted by molar-refractivity contribution is 5.85. The van der Waals surface area contributed by atoms with E-state index in [1.54, 1.807) is 0 Å². The number of nitrogens with two attached hydrogens (primary N) is 1. The van der Waals surface area contributed by atoms with Gasteiger partial charge in [0.15, 0.2) is 0 Å². The van der Waals surface area contributed by atoms with E-state index < -0.39 is 0 Å². The SMILES string of the molecule is Cl.N[C@@H]1CN(CC(=O)NC2CCCC2)C[C@H]1c1ccccc1. The second kappa shape index (κ2) is 7.95. The minimum absolute atomic E-state index is 0. The van der Waals surface area contributed by atoms with Crippen molar-refractivity contribution in [3.05, 3.63) is 35.9 Å². The predicted molar refractivity (Wildman–Crippen MR) is 91.2 cm³/mol. The molecule has 0 unspecified atom stereocenters. The molecule has 3 N–H and O–H groups in total. The number of benzene rings is 1. The number of carbonyl (C=O) groups is 1. The van der Waals surface area contributed by atoms with Crippen molar-refractivity contribution in [2.75, 3.05) is 19.6 Å². The minimum Gasteiger partial charge on any atom is -0.352 e. The van der Waals surface area contributed by atoms with Crippen molar-refractivity contribution < 1.29 is 4.79 Å². The number of hydrogen-bond donors (Lipinski definition) is 2. The van der Waals surface area contributed by atoms with Crippen LogP contribution in [0.1, 0.15) is 37.2 Å². The fourth-order valence-corrected chi connectivity index (χ4v) is 3.64. The lowest BCUT2D eigenvalue weighted by atomic mass is 9.95. The first-order valence-electron chi connectivity index (χ1n) is 8.04. The third-order valence-electron chi connectivity index (χ3n) is 4.76. The van der Waals surface area contributed by atoms with E-state index >= 15 is 0 Å². The summed E-state index contributed by atoms with van der Waals surface area (Å²) in [6.07, 6.45) is 4.76. The van der Waals surface area contributed by atoms with Gasteiger partial charge in [0.25, 0.3) is 0 Å². The van der Waals surface area contributed by atoms with Crippen LogP contribution in [0.15, 0.2) is 30.3 Å². The van der Waals surface area contributed by atoms with Gasteiger partial charge in [0.05, 0.1) is 6.54 Å². The average Bonchev–Trinajstić information content (AvgIpc) is 3.09. The molecule has 2 aliphatic rings. The summed E-state index contributed by atoms with van der Waals surface area (Å²) in [5.74, 6) is 0.494. The van der Waals surface area contributed by atoms with Gasteiger partial charge in [-0.1, -0.05) is 43.2 Å². The number of hydrogen-bond acceptors (Lipinski definition) is 3. The predicted octanol–water partition coefficient (Wildman–Crippen LogP) is 1.89. The molecule has 122 valence electrons. The molecule has 4 nitrogen and oxygen atoms in total. The van der Waals surface area contributed by atoms with E-state index in [0.717, 1.165) is 25.9 Å². The van der Waals surface area contributed by atoms with E-state index in [2.05, 4.69) is 34.5 Å². The largest absolute Gasteiger partial charge is 0.352 e. The van der Waals surface area contributed by atoms with Crippen LogP contribution >= 0.6 is 12.4 Å². The molecule has 2 fully saturated rings. The number of nitrogens with zero attached hydrogens (tertiary/aromatic N) is 1. The zero-order valence-corrected chi connectivity index (χ0v) is 13.7. The Morgan fingerprint density at radius 3 is 2.55 bits per heavy atom. The highest BCUT2D eigenvalue weighted by Crippen LogP contribution is 2.26. The number of nitrogens with one attached hydrogen (secondary N) is 1. The van der Waals surface area contributed by atoms with Crippen LogP contribution < -0.4 is 11.1 Å². The van der Waals surface area contributed by atoms with Gasteiger partial charge in [0.2, 0.25) is 5.91 Å². The third-order valence-corrected chi connectivity index (χ3v) is 4.76. The quantitative estimate of drug-likeness (QED) is 0.889. The first kappa shape index (κ1) is 17.3. The maximum absolute atomic E-state index is 12.1. The van der Waals surface area contributed by atoms with Crippen LogP contribution in [0.25, 0.3) is 0 Å². The summed E-state index contributed by atoms with van der Waals surface area (Å²) >= 11 is 0. The van der Waals surface area contributed by atoms with Gasteiger partial charge in [-0.2, -0.15) is 0 Å². The maximum Gasteiger partial charge on any atom is 0.234 e. The molecule has 1 aromatic rings. The molecule has 2 atom stereocenters. The van der Waals surface area contributed by atoms with E-state index in [0.29, 0.717) is 18.5 Å². The Labute approximate surface area is 138 Å². The number of halogens is 1. The number of amides is 1. The summed E-state index contributed by atoms with van der Waals surface area (Å²) in [4.78, 5) is 14.3. The van der Waals surface area contributed by atoms with Gasteiger partial charge in [-0.15, -0.1) is 12.4 Å². The molecule has 1 aliphatic heterocycles. The lowest BCUT2D eigenvalue weighted by Crippen LogP contribution is -2.41. The number of carbonyl (C=O) groups excluding carboxylic acids is 1. The van der Waals surface area contributed by atoms with E-state index in [4.69, 9.17) is 5.73 Å². The summed E-state index contributed by atoms with van der Waals surface area (Å²) in [6.45, 7) is 2.16. The highest BCUT2D eigenvalue weighted by Gasteiger charge is 2.32. The Hall–Kier alpha value is -1.10. The fourth-order valence-electron chi connectivity index (χ4n) is 3.64. The molecule has 1 amide bonds. The van der Waals surface area contributed by atoms with Gasteiger partial charge in [0.1, 0.15) is 0 Å². The van der Waals surface area contributed by atoms with Gasteiger partial charge in [-0.3, -0.25) is 9.69 Å². The molecular weight excluding hydrogens is 298 g/mol. The second-order valence-corrected chi connectivity index (χ2v) is 6.42. The van der Waals surface area contributed by atoms with Gasteiger partial charge in [0, 0.05) is 31.1 Å². The Morgan fingerprint density at radius 2 is 1.86 bits per heavy atom. The van der Waals surface area contributed by atoms with E-state index in [1.807, 2.05) is 6.07 Å². The zero-order valence-electron chi connectivity index (χ0n) is 12.9.